The van der Waals surface area contributed by atoms with Crippen molar-refractivity contribution in [1.29, 1.82) is 0 Å². The minimum Gasteiger partial charge on any atom is -0.374 e. The molecule has 6 heteroatoms. The molecule has 0 saturated heterocycles. The van der Waals surface area contributed by atoms with Crippen molar-refractivity contribution in [2.75, 3.05) is 26.0 Å². The van der Waals surface area contributed by atoms with Crippen molar-refractivity contribution in [1.82, 2.24) is 15.2 Å². The zero-order valence-corrected chi connectivity index (χ0v) is 13.3. The van der Waals surface area contributed by atoms with E-state index in [9.17, 15) is 9.59 Å². The number of amides is 2. The van der Waals surface area contributed by atoms with Gasteiger partial charge in [0.05, 0.1) is 0 Å². The summed E-state index contributed by atoms with van der Waals surface area (Å²) >= 11 is 0. The zero-order chi connectivity index (χ0) is 16.0. The third-order valence-electron chi connectivity index (χ3n) is 2.85. The molecule has 2 amide bonds. The first-order valence-corrected chi connectivity index (χ1v) is 7.03. The highest BCUT2D eigenvalue weighted by atomic mass is 16.2. The lowest BCUT2D eigenvalue weighted by Crippen LogP contribution is -2.39. The Morgan fingerprint density at radius 3 is 2.52 bits per heavy atom. The highest BCUT2D eigenvalue weighted by molar-refractivity contribution is 5.93. The monoisotopic (exact) mass is 292 g/mol. The van der Waals surface area contributed by atoms with Crippen LogP contribution in [0, 0.1) is 5.92 Å². The van der Waals surface area contributed by atoms with Crippen LogP contribution in [0.15, 0.2) is 18.3 Å². The molecule has 2 N–H and O–H groups in total. The molecular weight excluding hydrogens is 268 g/mol. The molecule has 0 aliphatic carbocycles. The lowest BCUT2D eigenvalue weighted by molar-refractivity contribution is -0.121. The smallest absolute Gasteiger partial charge is 0.272 e. The van der Waals surface area contributed by atoms with Gasteiger partial charge in [-0.1, -0.05) is 13.8 Å². The molecule has 21 heavy (non-hydrogen) atoms. The summed E-state index contributed by atoms with van der Waals surface area (Å²) < 4.78 is 0. The Bertz CT molecular complexity index is 500. The van der Waals surface area contributed by atoms with Crippen molar-refractivity contribution in [3.8, 4) is 0 Å². The molecule has 1 aromatic heterocycles. The van der Waals surface area contributed by atoms with Crippen molar-refractivity contribution in [3.05, 3.63) is 24.0 Å². The first-order chi connectivity index (χ1) is 9.81. The second kappa shape index (κ2) is 7.61. The average molecular weight is 292 g/mol. The number of pyridine rings is 1. The van der Waals surface area contributed by atoms with Crippen LogP contribution >= 0.6 is 0 Å². The Balaban J connectivity index is 2.68. The van der Waals surface area contributed by atoms with Crippen LogP contribution in [0.4, 0.5) is 5.69 Å². The van der Waals surface area contributed by atoms with Crippen LogP contribution < -0.4 is 10.6 Å². The third kappa shape index (κ3) is 5.41. The molecule has 0 radical (unpaired) electrons. The Morgan fingerprint density at radius 2 is 1.95 bits per heavy atom. The molecule has 1 atom stereocenters. The molecule has 0 spiro atoms. The number of carbonyl (C=O) groups is 2. The summed E-state index contributed by atoms with van der Waals surface area (Å²) in [6.07, 6.45) is 1.55. The van der Waals surface area contributed by atoms with Crippen LogP contribution in [-0.2, 0) is 4.79 Å². The van der Waals surface area contributed by atoms with Crippen molar-refractivity contribution in [3.63, 3.8) is 0 Å². The maximum Gasteiger partial charge on any atom is 0.272 e. The van der Waals surface area contributed by atoms with Gasteiger partial charge in [0, 0.05) is 32.5 Å². The summed E-state index contributed by atoms with van der Waals surface area (Å²) in [6.45, 7) is 6.51. The van der Waals surface area contributed by atoms with Crippen molar-refractivity contribution < 1.29 is 9.59 Å². The number of rotatable bonds is 6. The first kappa shape index (κ1) is 16.9. The molecule has 1 unspecified atom stereocenters. The van der Waals surface area contributed by atoms with Gasteiger partial charge >= 0.3 is 0 Å². The van der Waals surface area contributed by atoms with E-state index in [2.05, 4.69) is 15.6 Å². The molecule has 6 nitrogen and oxygen atoms in total. The summed E-state index contributed by atoms with van der Waals surface area (Å²) in [5.74, 6) is 0.169. The van der Waals surface area contributed by atoms with Gasteiger partial charge in [0.15, 0.2) is 0 Å². The Labute approximate surface area is 125 Å². The van der Waals surface area contributed by atoms with Crippen LogP contribution in [0.1, 0.15) is 31.3 Å². The number of aromatic nitrogens is 1. The number of nitrogens with one attached hydrogen (secondary N) is 2. The van der Waals surface area contributed by atoms with E-state index < -0.39 is 0 Å². The molecule has 0 bridgehead atoms. The summed E-state index contributed by atoms with van der Waals surface area (Å²) in [5.41, 5.74) is 1.04. The van der Waals surface area contributed by atoms with Gasteiger partial charge in [-0.25, -0.2) is 0 Å². The molecule has 0 aliphatic heterocycles. The molecule has 116 valence electrons. The molecular formula is C15H24N4O2. The Kier molecular flexibility index (Phi) is 6.14. The molecule has 0 saturated carbocycles. The van der Waals surface area contributed by atoms with E-state index in [-0.39, 0.29) is 17.9 Å². The average Bonchev–Trinajstić information content (AvgIpc) is 2.43. The first-order valence-electron chi connectivity index (χ1n) is 7.03. The minimum absolute atomic E-state index is 0.0685. The highest BCUT2D eigenvalue weighted by Crippen LogP contribution is 2.10. The predicted molar refractivity (Wildman–Crippen MR) is 83.2 cm³/mol. The van der Waals surface area contributed by atoms with Crippen LogP contribution in [0.2, 0.25) is 0 Å². The fourth-order valence-electron chi connectivity index (χ4n) is 1.64. The summed E-state index contributed by atoms with van der Waals surface area (Å²) in [4.78, 5) is 29.3. The van der Waals surface area contributed by atoms with E-state index in [1.165, 1.54) is 4.90 Å². The number of carbonyl (C=O) groups excluding carboxylic acids is 2. The molecule has 0 aliphatic rings. The predicted octanol–water partition coefficient (Wildman–Crippen LogP) is 1.36. The minimum atomic E-state index is -0.381. The Morgan fingerprint density at radius 1 is 1.29 bits per heavy atom. The fraction of sp³-hybridized carbons (Fsp3) is 0.533. The van der Waals surface area contributed by atoms with Crippen molar-refractivity contribution >= 4 is 17.5 Å². The van der Waals surface area contributed by atoms with E-state index in [4.69, 9.17) is 0 Å². The SMILES string of the molecule is CC(C)CNC(=O)C(C)Nc1ccnc(C(=O)N(C)C)c1. The summed E-state index contributed by atoms with van der Waals surface area (Å²) in [7, 11) is 3.35. The normalized spacial score (nSPS) is 11.9. The van der Waals surface area contributed by atoms with Gasteiger partial charge in [-0.05, 0) is 25.0 Å². The molecule has 1 rings (SSSR count). The van der Waals surface area contributed by atoms with Gasteiger partial charge in [0.25, 0.3) is 5.91 Å². The zero-order valence-electron chi connectivity index (χ0n) is 13.3. The summed E-state index contributed by atoms with van der Waals surface area (Å²) in [5, 5.41) is 5.94. The van der Waals surface area contributed by atoms with E-state index >= 15 is 0 Å². The maximum absolute atomic E-state index is 11.9. The van der Waals surface area contributed by atoms with E-state index in [1.54, 1.807) is 39.3 Å². The summed E-state index contributed by atoms with van der Waals surface area (Å²) in [6, 6.07) is 3.00. The lowest BCUT2D eigenvalue weighted by atomic mass is 10.2. The largest absolute Gasteiger partial charge is 0.374 e. The van der Waals surface area contributed by atoms with Gasteiger partial charge in [0.1, 0.15) is 11.7 Å². The van der Waals surface area contributed by atoms with Gasteiger partial charge in [-0.2, -0.15) is 0 Å². The van der Waals surface area contributed by atoms with Crippen molar-refractivity contribution in [2.24, 2.45) is 5.92 Å². The van der Waals surface area contributed by atoms with Crippen LogP contribution in [-0.4, -0.2) is 48.4 Å². The fourth-order valence-corrected chi connectivity index (χ4v) is 1.64. The third-order valence-corrected chi connectivity index (χ3v) is 2.85. The van der Waals surface area contributed by atoms with Gasteiger partial charge < -0.3 is 15.5 Å². The van der Waals surface area contributed by atoms with Gasteiger partial charge in [-0.15, -0.1) is 0 Å². The number of hydrogen-bond donors (Lipinski definition) is 2. The van der Waals surface area contributed by atoms with Crippen molar-refractivity contribution in [2.45, 2.75) is 26.8 Å². The molecule has 1 heterocycles. The maximum atomic E-state index is 11.9. The molecule has 1 aromatic rings. The Hall–Kier alpha value is -2.11. The van der Waals surface area contributed by atoms with E-state index in [0.717, 1.165) is 0 Å². The second-order valence-corrected chi connectivity index (χ2v) is 5.63. The van der Waals surface area contributed by atoms with Crippen LogP contribution in [0.25, 0.3) is 0 Å². The number of anilines is 1. The topological polar surface area (TPSA) is 74.3 Å². The lowest BCUT2D eigenvalue weighted by Gasteiger charge is -2.17. The second-order valence-electron chi connectivity index (χ2n) is 5.63. The van der Waals surface area contributed by atoms with Gasteiger partial charge in [0.2, 0.25) is 5.91 Å². The van der Waals surface area contributed by atoms with Gasteiger partial charge in [-0.3, -0.25) is 14.6 Å². The molecule has 0 aromatic carbocycles. The van der Waals surface area contributed by atoms with E-state index in [0.29, 0.717) is 23.8 Å². The van der Waals surface area contributed by atoms with Crippen LogP contribution in [0.3, 0.4) is 0 Å². The standard InChI is InChI=1S/C15H24N4O2/c1-10(2)9-17-14(20)11(3)18-12-6-7-16-13(8-12)15(21)19(4)5/h6-8,10-11H,9H2,1-5H3,(H,16,18)(H,17,20). The highest BCUT2D eigenvalue weighted by Gasteiger charge is 2.14. The number of nitrogens with zero attached hydrogens (tertiary/aromatic N) is 2. The quantitative estimate of drug-likeness (QED) is 0.830. The number of hydrogen-bond acceptors (Lipinski definition) is 4. The van der Waals surface area contributed by atoms with E-state index in [1.807, 2.05) is 13.8 Å². The van der Waals surface area contributed by atoms with Crippen LogP contribution in [0.5, 0.6) is 0 Å². The molecule has 0 fully saturated rings.